The van der Waals surface area contributed by atoms with Crippen LogP contribution in [0.3, 0.4) is 0 Å². The topological polar surface area (TPSA) is 53.8 Å². The van der Waals surface area contributed by atoms with Crippen LogP contribution in [0.2, 0.25) is 0 Å². The Hall–Kier alpha value is -3.34. The Morgan fingerprint density at radius 3 is 2.19 bits per heavy atom. The summed E-state index contributed by atoms with van der Waals surface area (Å²) in [4.78, 5) is 29.9. The first-order valence-electron chi connectivity index (χ1n) is 10.6. The predicted molar refractivity (Wildman–Crippen MR) is 121 cm³/mol. The maximum absolute atomic E-state index is 13.3. The van der Waals surface area contributed by atoms with Crippen LogP contribution in [-0.2, 0) is 17.9 Å². The number of hydrogen-bond donors (Lipinski definition) is 0. The SMILES string of the molecule is Cc1ccc(C(=O)N(CC(=O)N(Cc2ccccc2)Cc2ccco2)CC(C)C)cc1. The summed E-state index contributed by atoms with van der Waals surface area (Å²) in [5, 5.41) is 0. The van der Waals surface area contributed by atoms with Gasteiger partial charge >= 0.3 is 0 Å². The summed E-state index contributed by atoms with van der Waals surface area (Å²) in [7, 11) is 0. The Bertz CT molecular complexity index is 964. The van der Waals surface area contributed by atoms with E-state index in [4.69, 9.17) is 4.42 Å². The van der Waals surface area contributed by atoms with Gasteiger partial charge in [-0.1, -0.05) is 61.9 Å². The largest absolute Gasteiger partial charge is 0.467 e. The molecule has 2 aromatic carbocycles. The van der Waals surface area contributed by atoms with Crippen molar-refractivity contribution >= 4 is 11.8 Å². The van der Waals surface area contributed by atoms with Crippen LogP contribution in [0.5, 0.6) is 0 Å². The van der Waals surface area contributed by atoms with Crippen molar-refractivity contribution in [2.24, 2.45) is 5.92 Å². The molecule has 0 spiro atoms. The third kappa shape index (κ3) is 6.57. The highest BCUT2D eigenvalue weighted by Crippen LogP contribution is 2.14. The van der Waals surface area contributed by atoms with Crippen molar-refractivity contribution < 1.29 is 14.0 Å². The molecule has 0 aliphatic rings. The molecule has 1 heterocycles. The number of carbonyl (C=O) groups is 2. The maximum atomic E-state index is 13.3. The zero-order valence-electron chi connectivity index (χ0n) is 18.5. The molecule has 0 aliphatic heterocycles. The van der Waals surface area contributed by atoms with E-state index in [1.54, 1.807) is 16.1 Å². The van der Waals surface area contributed by atoms with Crippen molar-refractivity contribution in [3.63, 3.8) is 0 Å². The molecule has 0 saturated carbocycles. The molecular weight excluding hydrogens is 388 g/mol. The molecule has 0 bridgehead atoms. The Morgan fingerprint density at radius 1 is 0.871 bits per heavy atom. The number of nitrogens with zero attached hydrogens (tertiary/aromatic N) is 2. The second-order valence-corrected chi connectivity index (χ2v) is 8.26. The van der Waals surface area contributed by atoms with Crippen LogP contribution in [0.25, 0.3) is 0 Å². The van der Waals surface area contributed by atoms with Gasteiger partial charge in [0.15, 0.2) is 0 Å². The van der Waals surface area contributed by atoms with Crippen molar-refractivity contribution in [2.75, 3.05) is 13.1 Å². The molecule has 0 fully saturated rings. The quantitative estimate of drug-likeness (QED) is 0.496. The van der Waals surface area contributed by atoms with Crippen LogP contribution in [-0.4, -0.2) is 34.7 Å². The van der Waals surface area contributed by atoms with E-state index in [2.05, 4.69) is 0 Å². The number of furan rings is 1. The zero-order chi connectivity index (χ0) is 22.2. The van der Waals surface area contributed by atoms with Gasteiger partial charge in [-0.05, 0) is 42.7 Å². The first-order chi connectivity index (χ1) is 14.9. The van der Waals surface area contributed by atoms with E-state index in [-0.39, 0.29) is 24.3 Å². The molecule has 3 aromatic rings. The molecule has 0 saturated heterocycles. The van der Waals surface area contributed by atoms with E-state index in [1.807, 2.05) is 87.5 Å². The van der Waals surface area contributed by atoms with Gasteiger partial charge in [-0.3, -0.25) is 9.59 Å². The average molecular weight is 419 g/mol. The molecule has 2 amide bonds. The van der Waals surface area contributed by atoms with Crippen molar-refractivity contribution in [3.05, 3.63) is 95.4 Å². The average Bonchev–Trinajstić information content (AvgIpc) is 3.26. The monoisotopic (exact) mass is 418 g/mol. The first-order valence-corrected chi connectivity index (χ1v) is 10.6. The Balaban J connectivity index is 1.79. The normalized spacial score (nSPS) is 10.8. The van der Waals surface area contributed by atoms with E-state index in [9.17, 15) is 9.59 Å². The summed E-state index contributed by atoms with van der Waals surface area (Å²) in [6, 6.07) is 21.0. The number of benzene rings is 2. The summed E-state index contributed by atoms with van der Waals surface area (Å²) in [6.07, 6.45) is 1.60. The van der Waals surface area contributed by atoms with Crippen molar-refractivity contribution in [3.8, 4) is 0 Å². The van der Waals surface area contributed by atoms with Crippen molar-refractivity contribution in [1.29, 1.82) is 0 Å². The Morgan fingerprint density at radius 2 is 1.58 bits per heavy atom. The molecule has 31 heavy (non-hydrogen) atoms. The van der Waals surface area contributed by atoms with Gasteiger partial charge in [0.05, 0.1) is 12.8 Å². The second kappa shape index (κ2) is 10.6. The minimum Gasteiger partial charge on any atom is -0.467 e. The van der Waals surface area contributed by atoms with Crippen LogP contribution < -0.4 is 0 Å². The first kappa shape index (κ1) is 22.3. The fourth-order valence-electron chi connectivity index (χ4n) is 3.43. The van der Waals surface area contributed by atoms with Gasteiger partial charge in [0.1, 0.15) is 12.3 Å². The number of amides is 2. The molecule has 0 unspecified atom stereocenters. The lowest BCUT2D eigenvalue weighted by Gasteiger charge is -2.28. The summed E-state index contributed by atoms with van der Waals surface area (Å²) in [5.41, 5.74) is 2.72. The van der Waals surface area contributed by atoms with Crippen LogP contribution in [0.1, 0.15) is 41.1 Å². The van der Waals surface area contributed by atoms with Crippen molar-refractivity contribution in [1.82, 2.24) is 9.80 Å². The maximum Gasteiger partial charge on any atom is 0.254 e. The fraction of sp³-hybridized carbons (Fsp3) is 0.308. The van der Waals surface area contributed by atoms with Crippen LogP contribution in [0.4, 0.5) is 0 Å². The van der Waals surface area contributed by atoms with Crippen LogP contribution in [0, 0.1) is 12.8 Å². The standard InChI is InChI=1S/C26H30N2O3/c1-20(2)16-28(26(30)23-13-11-21(3)12-14-23)19-25(29)27(18-24-10-7-15-31-24)17-22-8-5-4-6-9-22/h4-15,20H,16-19H2,1-3H3. The molecule has 0 aliphatic carbocycles. The molecule has 0 radical (unpaired) electrons. The van der Waals surface area contributed by atoms with Gasteiger partial charge in [-0.2, -0.15) is 0 Å². The minimum atomic E-state index is -0.125. The number of carbonyl (C=O) groups excluding carboxylic acids is 2. The lowest BCUT2D eigenvalue weighted by molar-refractivity contribution is -0.133. The lowest BCUT2D eigenvalue weighted by atomic mass is 10.1. The molecule has 1 aromatic heterocycles. The Labute approximate surface area is 184 Å². The van der Waals surface area contributed by atoms with Gasteiger partial charge in [-0.15, -0.1) is 0 Å². The smallest absolute Gasteiger partial charge is 0.254 e. The van der Waals surface area contributed by atoms with Crippen molar-refractivity contribution in [2.45, 2.75) is 33.9 Å². The van der Waals surface area contributed by atoms with E-state index >= 15 is 0 Å². The fourth-order valence-corrected chi connectivity index (χ4v) is 3.43. The van der Waals surface area contributed by atoms with Gasteiger partial charge in [0, 0.05) is 18.7 Å². The third-order valence-electron chi connectivity index (χ3n) is 4.99. The van der Waals surface area contributed by atoms with E-state index in [0.717, 1.165) is 11.1 Å². The summed E-state index contributed by atoms with van der Waals surface area (Å²) < 4.78 is 5.47. The van der Waals surface area contributed by atoms with E-state index < -0.39 is 0 Å². The predicted octanol–water partition coefficient (Wildman–Crippen LogP) is 4.92. The summed E-state index contributed by atoms with van der Waals surface area (Å²) >= 11 is 0. The minimum absolute atomic E-state index is 0.0262. The number of rotatable bonds is 9. The highest BCUT2D eigenvalue weighted by atomic mass is 16.3. The zero-order valence-corrected chi connectivity index (χ0v) is 18.5. The molecule has 162 valence electrons. The number of hydrogen-bond acceptors (Lipinski definition) is 3. The highest BCUT2D eigenvalue weighted by molar-refractivity contribution is 5.96. The van der Waals surface area contributed by atoms with Crippen LogP contribution >= 0.6 is 0 Å². The molecule has 5 nitrogen and oxygen atoms in total. The third-order valence-corrected chi connectivity index (χ3v) is 4.99. The molecule has 3 rings (SSSR count). The molecule has 0 N–H and O–H groups in total. The lowest BCUT2D eigenvalue weighted by Crippen LogP contribution is -2.43. The summed E-state index contributed by atoms with van der Waals surface area (Å²) in [5.74, 6) is 0.723. The van der Waals surface area contributed by atoms with Crippen LogP contribution in [0.15, 0.2) is 77.4 Å². The van der Waals surface area contributed by atoms with E-state index in [1.165, 1.54) is 0 Å². The molecule has 5 heteroatoms. The van der Waals surface area contributed by atoms with E-state index in [0.29, 0.717) is 31.0 Å². The highest BCUT2D eigenvalue weighted by Gasteiger charge is 2.24. The van der Waals surface area contributed by atoms with Gasteiger partial charge in [0.2, 0.25) is 5.91 Å². The van der Waals surface area contributed by atoms with Gasteiger partial charge in [0.25, 0.3) is 5.91 Å². The second-order valence-electron chi connectivity index (χ2n) is 8.26. The molecular formula is C26H30N2O3. The Kier molecular flexibility index (Phi) is 7.65. The van der Waals surface area contributed by atoms with Gasteiger partial charge < -0.3 is 14.2 Å². The summed E-state index contributed by atoms with van der Waals surface area (Å²) in [6.45, 7) is 7.43. The molecule has 0 atom stereocenters. The van der Waals surface area contributed by atoms with Gasteiger partial charge in [-0.25, -0.2) is 0 Å². The number of aryl methyl sites for hydroxylation is 1.